The van der Waals surface area contributed by atoms with Crippen molar-refractivity contribution in [1.29, 1.82) is 0 Å². The normalized spacial score (nSPS) is 33.0. The van der Waals surface area contributed by atoms with Gasteiger partial charge in [-0.3, -0.25) is 0 Å². The molecule has 0 heterocycles. The van der Waals surface area contributed by atoms with Gasteiger partial charge in [0.1, 0.15) is 0 Å². The summed E-state index contributed by atoms with van der Waals surface area (Å²) in [6.07, 6.45) is 11.4. The van der Waals surface area contributed by atoms with Crippen molar-refractivity contribution in [2.75, 3.05) is 0 Å². The zero-order chi connectivity index (χ0) is 5.45. The van der Waals surface area contributed by atoms with Crippen LogP contribution in [0.25, 0.3) is 0 Å². The molecule has 0 amide bonds. The van der Waals surface area contributed by atoms with Crippen molar-refractivity contribution in [3.05, 3.63) is 6.42 Å². The third-order valence-electron chi connectivity index (χ3n) is 2.82. The molecule has 0 aromatic heterocycles. The average Bonchev–Trinajstić information content (AvgIpc) is 2.07. The molecule has 0 bridgehead atoms. The van der Waals surface area contributed by atoms with Crippen molar-refractivity contribution in [2.24, 2.45) is 5.41 Å². The van der Waals surface area contributed by atoms with E-state index < -0.39 is 0 Å². The Morgan fingerprint density at radius 3 is 1.88 bits per heavy atom. The van der Waals surface area contributed by atoms with Crippen LogP contribution in [0.4, 0.5) is 0 Å². The van der Waals surface area contributed by atoms with Crippen LogP contribution in [0, 0.1) is 11.8 Å². The molecular weight excluding hydrogens is 96.1 g/mol. The molecule has 2 rings (SSSR count). The molecule has 2 saturated carbocycles. The second-order valence-corrected chi connectivity index (χ2v) is 3.40. The smallest absolute Gasteiger partial charge is 0.0292 e. The molecule has 8 heavy (non-hydrogen) atoms. The Hall–Kier alpha value is 0. The second kappa shape index (κ2) is 1.49. The van der Waals surface area contributed by atoms with E-state index in [2.05, 4.69) is 6.42 Å². The number of hydrogen-bond acceptors (Lipinski definition) is 0. The molecule has 0 aliphatic heterocycles. The fraction of sp³-hybridized carbons (Fsp3) is 0.875. The molecule has 1 radical (unpaired) electrons. The molecule has 0 atom stereocenters. The van der Waals surface area contributed by atoms with Crippen LogP contribution in [0.2, 0.25) is 0 Å². The first-order valence-electron chi connectivity index (χ1n) is 3.73. The lowest BCUT2D eigenvalue weighted by Gasteiger charge is -2.37. The first-order valence-corrected chi connectivity index (χ1v) is 3.73. The molecule has 0 saturated heterocycles. The van der Waals surface area contributed by atoms with Crippen LogP contribution in [-0.4, -0.2) is 0 Å². The van der Waals surface area contributed by atoms with Crippen LogP contribution >= 0.6 is 0 Å². The summed E-state index contributed by atoms with van der Waals surface area (Å²) in [7, 11) is 0. The van der Waals surface area contributed by atoms with Gasteiger partial charge in [0.15, 0.2) is 0 Å². The summed E-state index contributed by atoms with van der Waals surface area (Å²) in [5.41, 5.74) is 0.861. The van der Waals surface area contributed by atoms with Crippen LogP contribution < -0.4 is 0 Å². The standard InChI is InChI=1S/C8H13/c1-2-5-8(4-1)6-3-7-8/h3H,1-2,4-7H2. The van der Waals surface area contributed by atoms with Gasteiger partial charge in [0.05, 0.1) is 0 Å². The summed E-state index contributed by atoms with van der Waals surface area (Å²) < 4.78 is 0. The minimum absolute atomic E-state index is 0.861. The van der Waals surface area contributed by atoms with E-state index in [0.717, 1.165) is 5.41 Å². The molecule has 0 nitrogen and oxygen atoms in total. The van der Waals surface area contributed by atoms with Crippen molar-refractivity contribution in [1.82, 2.24) is 0 Å². The lowest BCUT2D eigenvalue weighted by atomic mass is 9.68. The first-order chi connectivity index (χ1) is 3.91. The van der Waals surface area contributed by atoms with Crippen molar-refractivity contribution in [3.8, 4) is 0 Å². The third-order valence-corrected chi connectivity index (χ3v) is 2.82. The van der Waals surface area contributed by atoms with Gasteiger partial charge < -0.3 is 0 Å². The molecule has 0 heteroatoms. The van der Waals surface area contributed by atoms with Crippen molar-refractivity contribution >= 4 is 0 Å². The number of rotatable bonds is 0. The van der Waals surface area contributed by atoms with E-state index in [1.165, 1.54) is 38.5 Å². The van der Waals surface area contributed by atoms with E-state index >= 15 is 0 Å². The van der Waals surface area contributed by atoms with Gasteiger partial charge in [-0.1, -0.05) is 12.8 Å². The molecule has 2 fully saturated rings. The van der Waals surface area contributed by atoms with Gasteiger partial charge in [-0.05, 0) is 37.5 Å². The van der Waals surface area contributed by atoms with Crippen LogP contribution in [0.15, 0.2) is 0 Å². The Morgan fingerprint density at radius 2 is 1.62 bits per heavy atom. The Balaban J connectivity index is 2.01. The minimum Gasteiger partial charge on any atom is -0.0528 e. The zero-order valence-electron chi connectivity index (χ0n) is 5.32. The molecule has 1 spiro atoms. The Bertz CT molecular complexity index is 82.2. The first kappa shape index (κ1) is 4.84. The van der Waals surface area contributed by atoms with Crippen molar-refractivity contribution in [3.63, 3.8) is 0 Å². The average molecular weight is 109 g/mol. The third kappa shape index (κ3) is 0.519. The topological polar surface area (TPSA) is 0 Å². The van der Waals surface area contributed by atoms with Gasteiger partial charge in [-0.25, -0.2) is 0 Å². The quantitative estimate of drug-likeness (QED) is 0.448. The van der Waals surface area contributed by atoms with Gasteiger partial charge in [-0.2, -0.15) is 0 Å². The lowest BCUT2D eigenvalue weighted by Crippen LogP contribution is -2.25. The SMILES string of the molecule is [CH]1CC2(C1)CCCC2. The Morgan fingerprint density at radius 1 is 1.00 bits per heavy atom. The van der Waals surface area contributed by atoms with Gasteiger partial charge >= 0.3 is 0 Å². The molecule has 45 valence electrons. The second-order valence-electron chi connectivity index (χ2n) is 3.40. The summed E-state index contributed by atoms with van der Waals surface area (Å²) in [4.78, 5) is 0. The van der Waals surface area contributed by atoms with Crippen LogP contribution in [0.1, 0.15) is 38.5 Å². The van der Waals surface area contributed by atoms with Gasteiger partial charge in [0.25, 0.3) is 0 Å². The van der Waals surface area contributed by atoms with Crippen molar-refractivity contribution < 1.29 is 0 Å². The minimum atomic E-state index is 0.861. The molecule has 2 aliphatic rings. The summed E-state index contributed by atoms with van der Waals surface area (Å²) in [6.45, 7) is 0. The maximum absolute atomic E-state index is 2.44. The largest absolute Gasteiger partial charge is 0.0528 e. The highest BCUT2D eigenvalue weighted by Gasteiger charge is 2.38. The van der Waals surface area contributed by atoms with E-state index in [1.54, 1.807) is 0 Å². The van der Waals surface area contributed by atoms with Crippen molar-refractivity contribution in [2.45, 2.75) is 38.5 Å². The Kier molecular flexibility index (Phi) is 0.902. The highest BCUT2D eigenvalue weighted by molar-refractivity contribution is 5.00. The van der Waals surface area contributed by atoms with E-state index in [0.29, 0.717) is 0 Å². The summed E-state index contributed by atoms with van der Waals surface area (Å²) in [6, 6.07) is 0. The maximum Gasteiger partial charge on any atom is -0.0292 e. The van der Waals surface area contributed by atoms with Crippen LogP contribution in [-0.2, 0) is 0 Å². The maximum atomic E-state index is 2.44. The number of hydrogen-bond donors (Lipinski definition) is 0. The lowest BCUT2D eigenvalue weighted by molar-refractivity contribution is 0.209. The monoisotopic (exact) mass is 109 g/mol. The van der Waals surface area contributed by atoms with E-state index in [1.807, 2.05) is 0 Å². The Labute approximate surface area is 51.3 Å². The molecule has 0 aromatic carbocycles. The molecule has 0 unspecified atom stereocenters. The fourth-order valence-electron chi connectivity index (χ4n) is 2.09. The van der Waals surface area contributed by atoms with Gasteiger partial charge in [0.2, 0.25) is 0 Å². The summed E-state index contributed by atoms with van der Waals surface area (Å²) in [5.74, 6) is 0. The predicted molar refractivity (Wildman–Crippen MR) is 34.4 cm³/mol. The summed E-state index contributed by atoms with van der Waals surface area (Å²) in [5, 5.41) is 0. The molecule has 0 aromatic rings. The fourth-order valence-corrected chi connectivity index (χ4v) is 2.09. The van der Waals surface area contributed by atoms with E-state index in [9.17, 15) is 0 Å². The summed E-state index contributed by atoms with van der Waals surface area (Å²) >= 11 is 0. The zero-order valence-corrected chi connectivity index (χ0v) is 5.32. The van der Waals surface area contributed by atoms with Crippen LogP contribution in [0.5, 0.6) is 0 Å². The molecular formula is C8H13. The van der Waals surface area contributed by atoms with Crippen LogP contribution in [0.3, 0.4) is 0 Å². The van der Waals surface area contributed by atoms with E-state index in [4.69, 9.17) is 0 Å². The van der Waals surface area contributed by atoms with Gasteiger partial charge in [0, 0.05) is 0 Å². The van der Waals surface area contributed by atoms with E-state index in [-0.39, 0.29) is 0 Å². The predicted octanol–water partition coefficient (Wildman–Crippen LogP) is 2.54. The highest BCUT2D eigenvalue weighted by Crippen LogP contribution is 2.52. The van der Waals surface area contributed by atoms with Gasteiger partial charge in [-0.15, -0.1) is 0 Å². The molecule has 0 N–H and O–H groups in total. The highest BCUT2D eigenvalue weighted by atomic mass is 14.4. The molecule has 2 aliphatic carbocycles.